The van der Waals surface area contributed by atoms with E-state index in [0.29, 0.717) is 16.6 Å². The SMILES string of the molecule is CCc1nn(Cc2cccc(Cl)c2Cl)c(CC)c1C(C)=O. The fourth-order valence-corrected chi connectivity index (χ4v) is 2.91. The lowest BCUT2D eigenvalue weighted by molar-refractivity contribution is 0.101. The monoisotopic (exact) mass is 324 g/mol. The number of rotatable bonds is 5. The van der Waals surface area contributed by atoms with Crippen molar-refractivity contribution in [2.75, 3.05) is 0 Å². The van der Waals surface area contributed by atoms with Gasteiger partial charge in [0.2, 0.25) is 0 Å². The Hall–Kier alpha value is -1.32. The fourth-order valence-electron chi connectivity index (χ4n) is 2.53. The van der Waals surface area contributed by atoms with Crippen molar-refractivity contribution in [2.24, 2.45) is 0 Å². The zero-order valence-electron chi connectivity index (χ0n) is 12.4. The van der Waals surface area contributed by atoms with E-state index < -0.39 is 0 Å². The number of Topliss-reactive ketones (excluding diaryl/α,β-unsaturated/α-hetero) is 1. The number of benzene rings is 1. The van der Waals surface area contributed by atoms with Crippen molar-refractivity contribution in [1.82, 2.24) is 9.78 Å². The van der Waals surface area contributed by atoms with Crippen molar-refractivity contribution < 1.29 is 4.79 Å². The summed E-state index contributed by atoms with van der Waals surface area (Å²) in [5, 5.41) is 5.65. The maximum atomic E-state index is 11.9. The molecular weight excluding hydrogens is 307 g/mol. The molecule has 0 aliphatic heterocycles. The number of nitrogens with zero attached hydrogens (tertiary/aromatic N) is 2. The van der Waals surface area contributed by atoms with Crippen LogP contribution >= 0.6 is 23.2 Å². The van der Waals surface area contributed by atoms with Gasteiger partial charge >= 0.3 is 0 Å². The minimum atomic E-state index is 0.0622. The minimum Gasteiger partial charge on any atom is -0.294 e. The molecule has 0 N–H and O–H groups in total. The first kappa shape index (κ1) is 16.1. The molecule has 112 valence electrons. The molecule has 0 aliphatic rings. The van der Waals surface area contributed by atoms with Crippen LogP contribution in [0.5, 0.6) is 0 Å². The fraction of sp³-hybridized carbons (Fsp3) is 0.375. The number of carbonyl (C=O) groups is 1. The van der Waals surface area contributed by atoms with Crippen LogP contribution in [0.2, 0.25) is 10.0 Å². The van der Waals surface area contributed by atoms with Gasteiger partial charge in [0.05, 0.1) is 27.8 Å². The Morgan fingerprint density at radius 2 is 1.95 bits per heavy atom. The van der Waals surface area contributed by atoms with Crippen LogP contribution in [0.4, 0.5) is 0 Å². The third-order valence-electron chi connectivity index (χ3n) is 3.50. The van der Waals surface area contributed by atoms with Crippen molar-refractivity contribution in [3.05, 3.63) is 50.8 Å². The Kier molecular flexibility index (Phi) is 5.07. The lowest BCUT2D eigenvalue weighted by Gasteiger charge is -2.09. The molecule has 2 aromatic rings. The molecule has 21 heavy (non-hydrogen) atoms. The van der Waals surface area contributed by atoms with Crippen LogP contribution in [0.1, 0.15) is 48.1 Å². The number of halogens is 2. The summed E-state index contributed by atoms with van der Waals surface area (Å²) in [6.45, 7) is 6.14. The van der Waals surface area contributed by atoms with E-state index in [4.69, 9.17) is 23.2 Å². The van der Waals surface area contributed by atoms with E-state index in [9.17, 15) is 4.79 Å². The van der Waals surface area contributed by atoms with Gasteiger partial charge in [0.15, 0.2) is 5.78 Å². The highest BCUT2D eigenvalue weighted by atomic mass is 35.5. The Balaban J connectivity index is 2.49. The first-order chi connectivity index (χ1) is 9.99. The summed E-state index contributed by atoms with van der Waals surface area (Å²) in [5.41, 5.74) is 3.45. The maximum Gasteiger partial charge on any atom is 0.163 e. The van der Waals surface area contributed by atoms with Crippen molar-refractivity contribution in [1.29, 1.82) is 0 Å². The molecule has 0 spiro atoms. The summed E-state index contributed by atoms with van der Waals surface area (Å²) in [5.74, 6) is 0.0622. The van der Waals surface area contributed by atoms with Crippen molar-refractivity contribution >= 4 is 29.0 Å². The minimum absolute atomic E-state index is 0.0622. The number of hydrogen-bond acceptors (Lipinski definition) is 2. The predicted octanol–water partition coefficient (Wildman–Crippen LogP) is 4.57. The van der Waals surface area contributed by atoms with E-state index in [0.717, 1.165) is 35.4 Å². The molecule has 3 nitrogen and oxygen atoms in total. The lowest BCUT2D eigenvalue weighted by Crippen LogP contribution is -2.08. The summed E-state index contributed by atoms with van der Waals surface area (Å²) in [4.78, 5) is 11.9. The molecule has 0 saturated carbocycles. The molecule has 0 aliphatic carbocycles. The standard InChI is InChI=1S/C16H18Cl2N2O/c1-4-13-15(10(3)21)14(5-2)20(19-13)9-11-7-6-8-12(17)16(11)18/h6-8H,4-5,9H2,1-3H3. The van der Waals surface area contributed by atoms with Crippen LogP contribution in [0.25, 0.3) is 0 Å². The highest BCUT2D eigenvalue weighted by Crippen LogP contribution is 2.27. The number of ketones is 1. The molecule has 1 heterocycles. The molecule has 0 unspecified atom stereocenters. The van der Waals surface area contributed by atoms with E-state index in [1.54, 1.807) is 13.0 Å². The van der Waals surface area contributed by atoms with Gasteiger partial charge in [-0.3, -0.25) is 9.48 Å². The van der Waals surface area contributed by atoms with E-state index in [2.05, 4.69) is 5.10 Å². The van der Waals surface area contributed by atoms with Crippen LogP contribution in [0, 0.1) is 0 Å². The molecule has 0 saturated heterocycles. The first-order valence-corrected chi connectivity index (χ1v) is 7.77. The van der Waals surface area contributed by atoms with E-state index in [1.807, 2.05) is 30.7 Å². The average Bonchev–Trinajstić information content (AvgIpc) is 2.81. The summed E-state index contributed by atoms with van der Waals surface area (Å²) < 4.78 is 1.87. The molecule has 0 fully saturated rings. The molecule has 0 radical (unpaired) electrons. The third kappa shape index (κ3) is 3.14. The van der Waals surface area contributed by atoms with Gasteiger partial charge in [0.1, 0.15) is 0 Å². The second-order valence-electron chi connectivity index (χ2n) is 4.90. The number of hydrogen-bond donors (Lipinski definition) is 0. The average molecular weight is 325 g/mol. The zero-order valence-corrected chi connectivity index (χ0v) is 13.9. The maximum absolute atomic E-state index is 11.9. The van der Waals surface area contributed by atoms with Crippen LogP contribution < -0.4 is 0 Å². The first-order valence-electron chi connectivity index (χ1n) is 7.01. The van der Waals surface area contributed by atoms with Crippen LogP contribution in [-0.2, 0) is 19.4 Å². The van der Waals surface area contributed by atoms with E-state index >= 15 is 0 Å². The molecule has 0 atom stereocenters. The van der Waals surface area contributed by atoms with Gasteiger partial charge in [-0.15, -0.1) is 0 Å². The lowest BCUT2D eigenvalue weighted by atomic mass is 10.1. The van der Waals surface area contributed by atoms with Gasteiger partial charge in [-0.05, 0) is 31.4 Å². The molecule has 1 aromatic carbocycles. The van der Waals surface area contributed by atoms with E-state index in [-0.39, 0.29) is 5.78 Å². The molecular formula is C16H18Cl2N2O. The summed E-state index contributed by atoms with van der Waals surface area (Å²) in [7, 11) is 0. The third-order valence-corrected chi connectivity index (χ3v) is 4.36. The van der Waals surface area contributed by atoms with Crippen LogP contribution in [-0.4, -0.2) is 15.6 Å². The molecule has 0 bridgehead atoms. The Labute approximate surface area is 134 Å². The Morgan fingerprint density at radius 1 is 1.24 bits per heavy atom. The largest absolute Gasteiger partial charge is 0.294 e. The number of aryl methyl sites for hydroxylation is 1. The quantitative estimate of drug-likeness (QED) is 0.755. The van der Waals surface area contributed by atoms with Gasteiger partial charge < -0.3 is 0 Å². The summed E-state index contributed by atoms with van der Waals surface area (Å²) in [6, 6.07) is 5.55. The second-order valence-corrected chi connectivity index (χ2v) is 5.69. The smallest absolute Gasteiger partial charge is 0.163 e. The van der Waals surface area contributed by atoms with Crippen LogP contribution in [0.3, 0.4) is 0 Å². The number of carbonyl (C=O) groups excluding carboxylic acids is 1. The molecule has 2 rings (SSSR count). The van der Waals surface area contributed by atoms with Gasteiger partial charge in [0, 0.05) is 5.69 Å². The number of aromatic nitrogens is 2. The van der Waals surface area contributed by atoms with Crippen molar-refractivity contribution in [2.45, 2.75) is 40.2 Å². The zero-order chi connectivity index (χ0) is 15.6. The van der Waals surface area contributed by atoms with Gasteiger partial charge in [-0.1, -0.05) is 49.2 Å². The van der Waals surface area contributed by atoms with Crippen LogP contribution in [0.15, 0.2) is 18.2 Å². The Bertz CT molecular complexity index is 677. The van der Waals surface area contributed by atoms with Gasteiger partial charge in [-0.2, -0.15) is 5.10 Å². The summed E-state index contributed by atoms with van der Waals surface area (Å²) in [6.07, 6.45) is 1.48. The summed E-state index contributed by atoms with van der Waals surface area (Å²) >= 11 is 12.3. The van der Waals surface area contributed by atoms with E-state index in [1.165, 1.54) is 0 Å². The van der Waals surface area contributed by atoms with Crippen molar-refractivity contribution in [3.63, 3.8) is 0 Å². The van der Waals surface area contributed by atoms with Crippen molar-refractivity contribution in [3.8, 4) is 0 Å². The highest BCUT2D eigenvalue weighted by molar-refractivity contribution is 6.42. The molecule has 5 heteroatoms. The predicted molar refractivity (Wildman–Crippen MR) is 86.6 cm³/mol. The normalized spacial score (nSPS) is 10.9. The highest BCUT2D eigenvalue weighted by Gasteiger charge is 2.19. The Morgan fingerprint density at radius 3 is 2.52 bits per heavy atom. The topological polar surface area (TPSA) is 34.9 Å². The molecule has 1 aromatic heterocycles. The van der Waals surface area contributed by atoms with Gasteiger partial charge in [-0.25, -0.2) is 0 Å². The van der Waals surface area contributed by atoms with Gasteiger partial charge in [0.25, 0.3) is 0 Å². The second kappa shape index (κ2) is 6.63. The molecule has 0 amide bonds.